The monoisotopic (exact) mass is 167 g/mol. The van der Waals surface area contributed by atoms with Gasteiger partial charge in [0, 0.05) is 0 Å². The molecule has 1 rings (SSSR count). The van der Waals surface area contributed by atoms with E-state index >= 15 is 0 Å². The minimum atomic E-state index is 0.628. The van der Waals surface area contributed by atoms with E-state index in [0.717, 1.165) is 6.54 Å². The molecule has 2 heteroatoms. The van der Waals surface area contributed by atoms with Crippen molar-refractivity contribution in [2.75, 3.05) is 0 Å². The van der Waals surface area contributed by atoms with Gasteiger partial charge in [-0.05, 0) is 19.8 Å². The van der Waals surface area contributed by atoms with Crippen LogP contribution in [0, 0.1) is 0 Å². The third-order valence-corrected chi connectivity index (χ3v) is 2.29. The average Bonchev–Trinajstić information content (AvgIpc) is 2.52. The molecule has 0 fully saturated rings. The third-order valence-electron chi connectivity index (χ3n) is 2.29. The van der Waals surface area contributed by atoms with Gasteiger partial charge in [-0.1, -0.05) is 13.8 Å². The highest BCUT2D eigenvalue weighted by Crippen LogP contribution is 2.06. The molecule has 1 aromatic rings. The molecule has 1 atom stereocenters. The minimum absolute atomic E-state index is 0.628. The van der Waals surface area contributed by atoms with E-state index in [-0.39, 0.29) is 0 Å². The van der Waals surface area contributed by atoms with E-state index in [1.165, 1.54) is 12.8 Å². The van der Waals surface area contributed by atoms with E-state index < -0.39 is 0 Å². The molecule has 2 nitrogen and oxygen atoms in total. The summed E-state index contributed by atoms with van der Waals surface area (Å²) in [6.07, 6.45) is 8.90. The van der Waals surface area contributed by atoms with Crippen LogP contribution in [-0.2, 0) is 6.54 Å². The van der Waals surface area contributed by atoms with Crippen LogP contribution < -0.4 is 4.57 Å². The summed E-state index contributed by atoms with van der Waals surface area (Å²) < 4.78 is 4.52. The highest BCUT2D eigenvalue weighted by Gasteiger charge is 2.07. The lowest BCUT2D eigenvalue weighted by molar-refractivity contribution is -0.696. The molecule has 0 amide bonds. The molecule has 68 valence electrons. The van der Waals surface area contributed by atoms with E-state index in [1.807, 2.05) is 0 Å². The maximum atomic E-state index is 2.27. The Bertz CT molecular complexity index is 227. The fraction of sp³-hybridized carbons (Fsp3) is 0.700. The summed E-state index contributed by atoms with van der Waals surface area (Å²) in [7, 11) is 0. The highest BCUT2D eigenvalue weighted by molar-refractivity contribution is 4.71. The van der Waals surface area contributed by atoms with Crippen LogP contribution >= 0.6 is 0 Å². The van der Waals surface area contributed by atoms with Crippen LogP contribution in [0.5, 0.6) is 0 Å². The summed E-state index contributed by atoms with van der Waals surface area (Å²) in [6, 6.07) is 0.628. The summed E-state index contributed by atoms with van der Waals surface area (Å²) in [4.78, 5) is 0. The van der Waals surface area contributed by atoms with E-state index in [9.17, 15) is 0 Å². The van der Waals surface area contributed by atoms with Crippen molar-refractivity contribution in [3.05, 3.63) is 18.7 Å². The standard InChI is InChI=1S/C10H19N2/c1-4-6-11-7-8-12(9-11)10(3)5-2/h7-10H,4-6H2,1-3H3/q+1. The fourth-order valence-electron chi connectivity index (χ4n) is 1.27. The van der Waals surface area contributed by atoms with Gasteiger partial charge in [-0.3, -0.25) is 0 Å². The molecule has 0 aromatic carbocycles. The lowest BCUT2D eigenvalue weighted by Crippen LogP contribution is -2.30. The van der Waals surface area contributed by atoms with Crippen molar-refractivity contribution in [2.24, 2.45) is 0 Å². The van der Waals surface area contributed by atoms with E-state index in [4.69, 9.17) is 0 Å². The Morgan fingerprint density at radius 2 is 2.17 bits per heavy atom. The molecule has 0 aliphatic carbocycles. The lowest BCUT2D eigenvalue weighted by atomic mass is 10.3. The number of nitrogens with zero attached hydrogens (tertiary/aromatic N) is 2. The molecule has 0 saturated carbocycles. The van der Waals surface area contributed by atoms with Crippen LogP contribution in [0.15, 0.2) is 18.7 Å². The van der Waals surface area contributed by atoms with Gasteiger partial charge >= 0.3 is 0 Å². The van der Waals surface area contributed by atoms with Gasteiger partial charge in [-0.25, -0.2) is 9.13 Å². The number of aromatic nitrogens is 2. The second kappa shape index (κ2) is 4.29. The quantitative estimate of drug-likeness (QED) is 0.608. The van der Waals surface area contributed by atoms with E-state index in [2.05, 4.69) is 48.6 Å². The van der Waals surface area contributed by atoms with Gasteiger partial charge < -0.3 is 0 Å². The van der Waals surface area contributed by atoms with Crippen LogP contribution in [-0.4, -0.2) is 4.57 Å². The minimum Gasteiger partial charge on any atom is -0.237 e. The van der Waals surface area contributed by atoms with Gasteiger partial charge in [0.2, 0.25) is 6.33 Å². The molecule has 0 spiro atoms. The topological polar surface area (TPSA) is 8.81 Å². The van der Waals surface area contributed by atoms with Crippen molar-refractivity contribution in [2.45, 2.75) is 46.2 Å². The zero-order chi connectivity index (χ0) is 8.97. The third kappa shape index (κ3) is 2.10. The maximum Gasteiger partial charge on any atom is 0.243 e. The van der Waals surface area contributed by atoms with Crippen LogP contribution in [0.2, 0.25) is 0 Å². The zero-order valence-corrected chi connectivity index (χ0v) is 8.33. The molecule has 1 aromatic heterocycles. The SMILES string of the molecule is CCC[n+]1ccn(C(C)CC)c1. The second-order valence-electron chi connectivity index (χ2n) is 3.36. The normalized spacial score (nSPS) is 13.2. The van der Waals surface area contributed by atoms with Crippen molar-refractivity contribution in [3.8, 4) is 0 Å². The molecule has 0 N–H and O–H groups in total. The van der Waals surface area contributed by atoms with Crippen molar-refractivity contribution < 1.29 is 4.57 Å². The van der Waals surface area contributed by atoms with Gasteiger partial charge in [-0.15, -0.1) is 0 Å². The van der Waals surface area contributed by atoms with Crippen molar-refractivity contribution >= 4 is 0 Å². The summed E-state index contributed by atoms with van der Waals surface area (Å²) >= 11 is 0. The summed E-state index contributed by atoms with van der Waals surface area (Å²) in [5, 5.41) is 0. The van der Waals surface area contributed by atoms with E-state index in [1.54, 1.807) is 0 Å². The lowest BCUT2D eigenvalue weighted by Gasteiger charge is -2.01. The van der Waals surface area contributed by atoms with Crippen molar-refractivity contribution in [1.29, 1.82) is 0 Å². The Labute approximate surface area is 74.8 Å². The second-order valence-corrected chi connectivity index (χ2v) is 3.36. The highest BCUT2D eigenvalue weighted by atomic mass is 15.1. The van der Waals surface area contributed by atoms with Gasteiger partial charge in [0.05, 0.1) is 12.6 Å². The summed E-state index contributed by atoms with van der Waals surface area (Å²) in [6.45, 7) is 7.79. The first-order valence-corrected chi connectivity index (χ1v) is 4.84. The smallest absolute Gasteiger partial charge is 0.237 e. The Balaban J connectivity index is 2.63. The Kier molecular flexibility index (Phi) is 3.32. The molecular formula is C10H19N2+. The summed E-state index contributed by atoms with van der Waals surface area (Å²) in [5.41, 5.74) is 0. The number of aryl methyl sites for hydroxylation is 1. The first-order valence-electron chi connectivity index (χ1n) is 4.84. The largest absolute Gasteiger partial charge is 0.243 e. The number of rotatable bonds is 4. The van der Waals surface area contributed by atoms with Gasteiger partial charge in [-0.2, -0.15) is 0 Å². The Hall–Kier alpha value is -0.790. The Morgan fingerprint density at radius 1 is 1.42 bits per heavy atom. The maximum absolute atomic E-state index is 2.27. The molecule has 0 radical (unpaired) electrons. The predicted octanol–water partition coefficient (Wildman–Crippen LogP) is 2.16. The molecule has 0 bridgehead atoms. The first kappa shape index (κ1) is 9.30. The summed E-state index contributed by atoms with van der Waals surface area (Å²) in [5.74, 6) is 0. The Morgan fingerprint density at radius 3 is 2.75 bits per heavy atom. The molecule has 1 heterocycles. The van der Waals surface area contributed by atoms with Crippen molar-refractivity contribution in [3.63, 3.8) is 0 Å². The molecular weight excluding hydrogens is 148 g/mol. The number of hydrogen-bond donors (Lipinski definition) is 0. The van der Waals surface area contributed by atoms with Crippen LogP contribution in [0.4, 0.5) is 0 Å². The van der Waals surface area contributed by atoms with Crippen molar-refractivity contribution in [1.82, 2.24) is 4.57 Å². The van der Waals surface area contributed by atoms with Crippen LogP contribution in [0.1, 0.15) is 39.7 Å². The number of hydrogen-bond acceptors (Lipinski definition) is 0. The molecule has 1 unspecified atom stereocenters. The first-order chi connectivity index (χ1) is 5.77. The average molecular weight is 167 g/mol. The van der Waals surface area contributed by atoms with Gasteiger partial charge in [0.15, 0.2) is 0 Å². The zero-order valence-electron chi connectivity index (χ0n) is 8.33. The van der Waals surface area contributed by atoms with Gasteiger partial charge in [0.25, 0.3) is 0 Å². The fourth-order valence-corrected chi connectivity index (χ4v) is 1.27. The molecule has 0 aliphatic rings. The molecule has 12 heavy (non-hydrogen) atoms. The van der Waals surface area contributed by atoms with Gasteiger partial charge in [0.1, 0.15) is 12.4 Å². The molecule has 0 aliphatic heterocycles. The van der Waals surface area contributed by atoms with Crippen LogP contribution in [0.25, 0.3) is 0 Å². The molecule has 0 saturated heterocycles. The number of imidazole rings is 1. The predicted molar refractivity (Wildman–Crippen MR) is 49.9 cm³/mol. The van der Waals surface area contributed by atoms with Crippen LogP contribution in [0.3, 0.4) is 0 Å². The van der Waals surface area contributed by atoms with E-state index in [0.29, 0.717) is 6.04 Å².